The highest BCUT2D eigenvalue weighted by molar-refractivity contribution is 7.85. The van der Waals surface area contributed by atoms with Crippen LogP contribution in [0.2, 0.25) is 0 Å². The Hall–Kier alpha value is -2.13. The monoisotopic (exact) mass is 414 g/mol. The summed E-state index contributed by atoms with van der Waals surface area (Å²) in [5, 5.41) is 27.2. The van der Waals surface area contributed by atoms with Gasteiger partial charge in [0, 0.05) is 0 Å². The molecule has 0 saturated heterocycles. The third-order valence-electron chi connectivity index (χ3n) is 5.78. The van der Waals surface area contributed by atoms with Crippen LogP contribution >= 0.6 is 0 Å². The van der Waals surface area contributed by atoms with E-state index in [0.29, 0.717) is 30.2 Å². The van der Waals surface area contributed by atoms with Gasteiger partial charge < -0.3 is 15.3 Å². The van der Waals surface area contributed by atoms with E-state index in [4.69, 9.17) is 14.8 Å². The summed E-state index contributed by atoms with van der Waals surface area (Å²) in [6, 6.07) is 3.56. The van der Waals surface area contributed by atoms with Crippen LogP contribution in [0.25, 0.3) is 0 Å². The van der Waals surface area contributed by atoms with E-state index < -0.39 is 27.5 Å². The smallest absolute Gasteiger partial charge is 0.310 e. The highest BCUT2D eigenvalue weighted by Crippen LogP contribution is 2.53. The second-order valence-electron chi connectivity index (χ2n) is 7.79. The van der Waals surface area contributed by atoms with E-state index in [1.807, 2.05) is 0 Å². The molecule has 1 aromatic carbocycles. The van der Waals surface area contributed by atoms with Crippen LogP contribution in [0.5, 0.6) is 5.75 Å². The number of hydrogen-bond acceptors (Lipinski definition) is 5. The van der Waals surface area contributed by atoms with Gasteiger partial charge in [-0.2, -0.15) is 8.42 Å². The molecule has 0 aliphatic heterocycles. The molecule has 0 bridgehead atoms. The SMILES string of the molecule is Cc1cc(S(=O)(=O)O)ccc1O.O=C(O)CC1(C(=O)O)CC2CCCCC2C1. The van der Waals surface area contributed by atoms with Crippen molar-refractivity contribution >= 4 is 22.1 Å². The topological polar surface area (TPSA) is 149 Å². The lowest BCUT2D eigenvalue weighted by molar-refractivity contribution is -0.155. The van der Waals surface area contributed by atoms with Crippen LogP contribution in [-0.2, 0) is 19.7 Å². The molecule has 2 fully saturated rings. The van der Waals surface area contributed by atoms with Crippen molar-refractivity contribution < 1.29 is 37.9 Å². The van der Waals surface area contributed by atoms with Gasteiger partial charge in [-0.25, -0.2) is 0 Å². The third kappa shape index (κ3) is 5.23. The van der Waals surface area contributed by atoms with E-state index in [1.54, 1.807) is 6.92 Å². The summed E-state index contributed by atoms with van der Waals surface area (Å²) in [5.41, 5.74) is -0.573. The first kappa shape index (κ1) is 22.2. The number of rotatable bonds is 4. The average Bonchev–Trinajstić information content (AvgIpc) is 2.95. The van der Waals surface area contributed by atoms with Gasteiger partial charge in [0.15, 0.2) is 0 Å². The lowest BCUT2D eigenvalue weighted by Gasteiger charge is -2.24. The maximum atomic E-state index is 11.3. The predicted octanol–water partition coefficient (Wildman–Crippen LogP) is 3.08. The lowest BCUT2D eigenvalue weighted by atomic mass is 9.81. The number of aliphatic carboxylic acids is 2. The number of aromatic hydroxyl groups is 1. The Labute approximate surface area is 164 Å². The number of aryl methyl sites for hydroxylation is 1. The van der Waals surface area contributed by atoms with Gasteiger partial charge in [0.05, 0.1) is 16.7 Å². The molecule has 0 radical (unpaired) electrons. The van der Waals surface area contributed by atoms with Gasteiger partial charge in [0.1, 0.15) is 5.75 Å². The first-order valence-corrected chi connectivity index (χ1v) is 10.6. The van der Waals surface area contributed by atoms with Crippen molar-refractivity contribution in [3.63, 3.8) is 0 Å². The van der Waals surface area contributed by atoms with Crippen molar-refractivity contribution in [2.75, 3.05) is 0 Å². The molecule has 156 valence electrons. The zero-order valence-electron chi connectivity index (χ0n) is 15.7. The van der Waals surface area contributed by atoms with E-state index in [9.17, 15) is 23.1 Å². The average molecular weight is 414 g/mol. The molecule has 8 nitrogen and oxygen atoms in total. The largest absolute Gasteiger partial charge is 0.508 e. The lowest BCUT2D eigenvalue weighted by Crippen LogP contribution is -2.31. The molecule has 0 heterocycles. The number of phenolic OH excluding ortho intramolecular Hbond substituents is 1. The molecular weight excluding hydrogens is 388 g/mol. The van der Waals surface area contributed by atoms with Gasteiger partial charge >= 0.3 is 11.9 Å². The van der Waals surface area contributed by atoms with Crippen LogP contribution in [0.1, 0.15) is 50.5 Å². The molecule has 2 aliphatic rings. The highest BCUT2D eigenvalue weighted by atomic mass is 32.2. The third-order valence-corrected chi connectivity index (χ3v) is 6.63. The van der Waals surface area contributed by atoms with E-state index in [2.05, 4.69) is 0 Å². The Balaban J connectivity index is 0.000000209. The minimum atomic E-state index is -4.15. The zero-order chi connectivity index (χ0) is 21.1. The number of benzene rings is 1. The fourth-order valence-corrected chi connectivity index (χ4v) is 4.95. The van der Waals surface area contributed by atoms with Crippen LogP contribution in [0.4, 0.5) is 0 Å². The summed E-state index contributed by atoms with van der Waals surface area (Å²) in [7, 11) is -4.15. The van der Waals surface area contributed by atoms with E-state index in [1.165, 1.54) is 25.0 Å². The molecule has 2 aliphatic carbocycles. The molecule has 3 rings (SSSR count). The van der Waals surface area contributed by atoms with E-state index in [0.717, 1.165) is 18.9 Å². The van der Waals surface area contributed by atoms with Crippen LogP contribution in [-0.4, -0.2) is 40.2 Å². The molecule has 9 heteroatoms. The summed E-state index contributed by atoms with van der Waals surface area (Å²) >= 11 is 0. The minimum absolute atomic E-state index is 0.00222. The van der Waals surface area contributed by atoms with Crippen LogP contribution in [0.15, 0.2) is 23.1 Å². The Kier molecular flexibility index (Phi) is 6.71. The number of phenols is 1. The fraction of sp³-hybridized carbons (Fsp3) is 0.579. The van der Waals surface area contributed by atoms with Crippen molar-refractivity contribution in [1.29, 1.82) is 0 Å². The normalized spacial score (nSPS) is 26.6. The van der Waals surface area contributed by atoms with Gasteiger partial charge in [0.2, 0.25) is 0 Å². The maximum absolute atomic E-state index is 11.3. The second kappa shape index (κ2) is 8.48. The summed E-state index contributed by atoms with van der Waals surface area (Å²) in [6.07, 6.45) is 5.43. The zero-order valence-corrected chi connectivity index (χ0v) is 16.5. The minimum Gasteiger partial charge on any atom is -0.508 e. The molecule has 1 aromatic rings. The molecular formula is C19H26O8S. The van der Waals surface area contributed by atoms with Gasteiger partial charge in [-0.15, -0.1) is 0 Å². The molecule has 28 heavy (non-hydrogen) atoms. The number of fused-ring (bicyclic) bond motifs is 1. The Bertz CT molecular complexity index is 831. The van der Waals surface area contributed by atoms with Crippen LogP contribution in [0, 0.1) is 24.2 Å². The van der Waals surface area contributed by atoms with Crippen molar-refractivity contribution in [1.82, 2.24) is 0 Å². The second-order valence-corrected chi connectivity index (χ2v) is 9.21. The summed E-state index contributed by atoms with van der Waals surface area (Å²) in [4.78, 5) is 21.9. The van der Waals surface area contributed by atoms with Gasteiger partial charge in [0.25, 0.3) is 10.1 Å². The number of carboxylic acid groups (broad SMARTS) is 2. The first-order chi connectivity index (χ1) is 12.9. The standard InChI is InChI=1S/C12H18O4.C7H8O4S/c13-10(14)7-12(11(15)16)5-8-3-1-2-4-9(8)6-12;1-5-4-6(12(9,10)11)2-3-7(5)8/h8-9H,1-7H2,(H,13,14)(H,15,16);2-4,8H,1H3,(H,9,10,11). The fourth-order valence-electron chi connectivity index (χ4n) is 4.38. The quantitative estimate of drug-likeness (QED) is 0.549. The molecule has 2 unspecified atom stereocenters. The number of hydrogen-bond donors (Lipinski definition) is 4. The Morgan fingerprint density at radius 1 is 1.11 bits per heavy atom. The number of carboxylic acids is 2. The Morgan fingerprint density at radius 2 is 1.64 bits per heavy atom. The number of carbonyl (C=O) groups is 2. The van der Waals surface area contributed by atoms with Crippen molar-refractivity contribution in [2.45, 2.75) is 56.8 Å². The Morgan fingerprint density at radius 3 is 2.04 bits per heavy atom. The summed E-state index contributed by atoms with van der Waals surface area (Å²) in [5.74, 6) is -0.999. The summed E-state index contributed by atoms with van der Waals surface area (Å²) < 4.78 is 29.7. The molecule has 0 amide bonds. The summed E-state index contributed by atoms with van der Waals surface area (Å²) in [6.45, 7) is 1.55. The van der Waals surface area contributed by atoms with Gasteiger partial charge in [-0.05, 0) is 55.4 Å². The van der Waals surface area contributed by atoms with Crippen molar-refractivity contribution in [3.8, 4) is 5.75 Å². The van der Waals surface area contributed by atoms with Gasteiger partial charge in [-0.1, -0.05) is 25.7 Å². The maximum Gasteiger partial charge on any atom is 0.310 e. The molecule has 4 N–H and O–H groups in total. The van der Waals surface area contributed by atoms with Crippen LogP contribution < -0.4 is 0 Å². The molecule has 2 saturated carbocycles. The van der Waals surface area contributed by atoms with Gasteiger partial charge in [-0.3, -0.25) is 14.1 Å². The van der Waals surface area contributed by atoms with E-state index >= 15 is 0 Å². The predicted molar refractivity (Wildman–Crippen MR) is 99.7 cm³/mol. The molecule has 0 aromatic heterocycles. The van der Waals surface area contributed by atoms with E-state index in [-0.39, 0.29) is 17.1 Å². The highest BCUT2D eigenvalue weighted by Gasteiger charge is 2.51. The van der Waals surface area contributed by atoms with Crippen LogP contribution in [0.3, 0.4) is 0 Å². The van der Waals surface area contributed by atoms with Crippen molar-refractivity contribution in [3.05, 3.63) is 23.8 Å². The molecule has 2 atom stereocenters. The first-order valence-electron chi connectivity index (χ1n) is 9.17. The van der Waals surface area contributed by atoms with Crippen molar-refractivity contribution in [2.24, 2.45) is 17.3 Å². The molecule has 0 spiro atoms.